The van der Waals surface area contributed by atoms with Crippen molar-refractivity contribution in [2.75, 3.05) is 7.11 Å². The summed E-state index contributed by atoms with van der Waals surface area (Å²) in [6.45, 7) is 5.41. The van der Waals surface area contributed by atoms with Crippen LogP contribution in [-0.2, 0) is 10.9 Å². The van der Waals surface area contributed by atoms with Crippen LogP contribution in [0.15, 0.2) is 30.4 Å². The van der Waals surface area contributed by atoms with Crippen LogP contribution in [0.5, 0.6) is 0 Å². The summed E-state index contributed by atoms with van der Waals surface area (Å²) in [7, 11) is 1.46. The SMILES string of the molecule is C=c1cc(C(F)(F)F)cc/c1=C(/C=C\C)OC. The Hall–Kier alpha value is -1.71. The average Bonchev–Trinajstić information content (AvgIpc) is 2.25. The molecule has 0 bridgehead atoms. The first-order valence-corrected chi connectivity index (χ1v) is 4.97. The first-order valence-electron chi connectivity index (χ1n) is 4.97. The second-order valence-electron chi connectivity index (χ2n) is 3.44. The molecule has 17 heavy (non-hydrogen) atoms. The molecule has 0 fully saturated rings. The zero-order valence-electron chi connectivity index (χ0n) is 9.64. The minimum Gasteiger partial charge on any atom is -0.496 e. The van der Waals surface area contributed by atoms with Gasteiger partial charge in [0.05, 0.1) is 12.7 Å². The Bertz CT molecular complexity index is 527. The first kappa shape index (κ1) is 13.4. The van der Waals surface area contributed by atoms with E-state index in [-0.39, 0.29) is 5.22 Å². The number of alkyl halides is 3. The Morgan fingerprint density at radius 1 is 1.35 bits per heavy atom. The molecule has 1 aromatic carbocycles. The highest BCUT2D eigenvalue weighted by Crippen LogP contribution is 2.27. The van der Waals surface area contributed by atoms with Crippen molar-refractivity contribution in [3.05, 3.63) is 46.4 Å². The molecular formula is C13H13F3O. The highest BCUT2D eigenvalue weighted by atomic mass is 19.4. The Labute approximate surface area is 97.5 Å². The van der Waals surface area contributed by atoms with Crippen molar-refractivity contribution in [2.24, 2.45) is 0 Å². The van der Waals surface area contributed by atoms with Gasteiger partial charge in [-0.15, -0.1) is 0 Å². The van der Waals surface area contributed by atoms with Gasteiger partial charge >= 0.3 is 6.18 Å². The molecule has 0 spiro atoms. The smallest absolute Gasteiger partial charge is 0.416 e. The van der Waals surface area contributed by atoms with Gasteiger partial charge < -0.3 is 4.74 Å². The standard InChI is InChI=1S/C13H13F3O/c1-4-5-12(17-3)11-7-6-10(8-9(11)2)13(14,15)16/h4-8H,2H2,1,3H3/b5-4-,12-11+. The molecule has 0 aliphatic rings. The quantitative estimate of drug-likeness (QED) is 0.774. The number of ether oxygens (including phenoxy) is 1. The monoisotopic (exact) mass is 242 g/mol. The first-order chi connectivity index (χ1) is 7.90. The van der Waals surface area contributed by atoms with Crippen LogP contribution < -0.4 is 10.4 Å². The maximum absolute atomic E-state index is 12.5. The molecule has 0 saturated carbocycles. The number of allylic oxidation sites excluding steroid dienone is 1. The largest absolute Gasteiger partial charge is 0.496 e. The van der Waals surface area contributed by atoms with Crippen molar-refractivity contribution in [2.45, 2.75) is 13.1 Å². The molecule has 4 heteroatoms. The third kappa shape index (κ3) is 3.12. The minimum absolute atomic E-state index is 0.287. The van der Waals surface area contributed by atoms with Crippen LogP contribution in [-0.4, -0.2) is 7.11 Å². The molecule has 0 aliphatic heterocycles. The number of rotatable bonds is 2. The van der Waals surface area contributed by atoms with Gasteiger partial charge in [0.1, 0.15) is 5.76 Å². The molecular weight excluding hydrogens is 229 g/mol. The van der Waals surface area contributed by atoms with Crippen molar-refractivity contribution < 1.29 is 17.9 Å². The summed E-state index contributed by atoms with van der Waals surface area (Å²) < 4.78 is 42.4. The Kier molecular flexibility index (Phi) is 3.99. The molecule has 0 radical (unpaired) electrons. The van der Waals surface area contributed by atoms with E-state index in [2.05, 4.69) is 6.58 Å². The normalized spacial score (nSPS) is 13.9. The van der Waals surface area contributed by atoms with E-state index >= 15 is 0 Å². The van der Waals surface area contributed by atoms with E-state index in [1.807, 2.05) is 0 Å². The molecule has 0 unspecified atom stereocenters. The molecule has 0 amide bonds. The predicted octanol–water partition coefficient (Wildman–Crippen LogP) is 2.45. The molecule has 0 aromatic heterocycles. The lowest BCUT2D eigenvalue weighted by Gasteiger charge is -2.07. The van der Waals surface area contributed by atoms with Crippen LogP contribution in [0.3, 0.4) is 0 Å². The number of hydrogen-bond acceptors (Lipinski definition) is 1. The van der Waals surface area contributed by atoms with E-state index in [0.717, 1.165) is 12.1 Å². The number of hydrogen-bond donors (Lipinski definition) is 0. The number of methoxy groups -OCH3 is 1. The predicted molar refractivity (Wildman–Crippen MR) is 61.4 cm³/mol. The summed E-state index contributed by atoms with van der Waals surface area (Å²) in [5.74, 6) is 0.492. The highest BCUT2D eigenvalue weighted by molar-refractivity contribution is 5.50. The maximum Gasteiger partial charge on any atom is 0.416 e. The summed E-state index contributed by atoms with van der Waals surface area (Å²) in [5.41, 5.74) is -0.706. The Morgan fingerprint density at radius 2 is 2.00 bits per heavy atom. The van der Waals surface area contributed by atoms with E-state index in [1.165, 1.54) is 13.2 Å². The molecule has 0 N–H and O–H groups in total. The second kappa shape index (κ2) is 5.08. The van der Waals surface area contributed by atoms with Crippen LogP contribution in [0.1, 0.15) is 12.5 Å². The van der Waals surface area contributed by atoms with E-state index < -0.39 is 11.7 Å². The van der Waals surface area contributed by atoms with Gasteiger partial charge in [-0.25, -0.2) is 0 Å². The summed E-state index contributed by atoms with van der Waals surface area (Å²) in [6, 6.07) is 3.40. The Morgan fingerprint density at radius 3 is 2.41 bits per heavy atom. The average molecular weight is 242 g/mol. The molecule has 0 heterocycles. The van der Waals surface area contributed by atoms with Crippen molar-refractivity contribution >= 4 is 12.3 Å². The van der Waals surface area contributed by atoms with Crippen LogP contribution in [0.2, 0.25) is 0 Å². The molecule has 0 saturated heterocycles. The lowest BCUT2D eigenvalue weighted by Crippen LogP contribution is -2.27. The van der Waals surface area contributed by atoms with Gasteiger partial charge in [0, 0.05) is 5.22 Å². The van der Waals surface area contributed by atoms with Gasteiger partial charge in [-0.05, 0) is 30.4 Å². The number of benzene rings is 1. The van der Waals surface area contributed by atoms with E-state index in [0.29, 0.717) is 11.0 Å². The molecule has 1 nitrogen and oxygen atoms in total. The fourth-order valence-corrected chi connectivity index (χ4v) is 1.43. The third-order valence-electron chi connectivity index (χ3n) is 2.24. The summed E-state index contributed by atoms with van der Waals surface area (Å²) in [6.07, 6.45) is -0.925. The van der Waals surface area contributed by atoms with Crippen molar-refractivity contribution in [1.82, 2.24) is 0 Å². The minimum atomic E-state index is -4.35. The lowest BCUT2D eigenvalue weighted by molar-refractivity contribution is -0.137. The van der Waals surface area contributed by atoms with Gasteiger partial charge in [0.2, 0.25) is 0 Å². The van der Waals surface area contributed by atoms with Gasteiger partial charge in [-0.2, -0.15) is 13.2 Å². The van der Waals surface area contributed by atoms with Crippen molar-refractivity contribution in [3.8, 4) is 0 Å². The van der Waals surface area contributed by atoms with Crippen molar-refractivity contribution in [3.63, 3.8) is 0 Å². The van der Waals surface area contributed by atoms with E-state index in [4.69, 9.17) is 4.74 Å². The van der Waals surface area contributed by atoms with Crippen molar-refractivity contribution in [1.29, 1.82) is 0 Å². The van der Waals surface area contributed by atoms with Crippen LogP contribution >= 0.6 is 0 Å². The van der Waals surface area contributed by atoms with Crippen LogP contribution in [0.25, 0.3) is 12.3 Å². The summed E-state index contributed by atoms with van der Waals surface area (Å²) in [5, 5.41) is 0.841. The molecule has 1 aromatic rings. The molecule has 92 valence electrons. The molecule has 0 atom stereocenters. The molecule has 0 aliphatic carbocycles. The fraction of sp³-hybridized carbons (Fsp3) is 0.231. The fourth-order valence-electron chi connectivity index (χ4n) is 1.43. The van der Waals surface area contributed by atoms with Crippen LogP contribution in [0.4, 0.5) is 13.2 Å². The second-order valence-corrected chi connectivity index (χ2v) is 3.44. The van der Waals surface area contributed by atoms with E-state index in [9.17, 15) is 13.2 Å². The summed E-state index contributed by atoms with van der Waals surface area (Å²) >= 11 is 0. The molecule has 1 rings (SSSR count). The van der Waals surface area contributed by atoms with E-state index in [1.54, 1.807) is 19.1 Å². The van der Waals surface area contributed by atoms with Gasteiger partial charge in [0.25, 0.3) is 0 Å². The number of halogens is 3. The Balaban J connectivity index is 3.47. The van der Waals surface area contributed by atoms with Crippen LogP contribution in [0, 0.1) is 0 Å². The van der Waals surface area contributed by atoms with Gasteiger partial charge in [-0.3, -0.25) is 0 Å². The third-order valence-corrected chi connectivity index (χ3v) is 2.24. The highest BCUT2D eigenvalue weighted by Gasteiger charge is 2.30. The summed E-state index contributed by atoms with van der Waals surface area (Å²) in [4.78, 5) is 0. The zero-order valence-corrected chi connectivity index (χ0v) is 9.64. The topological polar surface area (TPSA) is 9.23 Å². The maximum atomic E-state index is 12.5. The van der Waals surface area contributed by atoms with Gasteiger partial charge in [-0.1, -0.05) is 18.7 Å². The zero-order chi connectivity index (χ0) is 13.1. The van der Waals surface area contributed by atoms with Gasteiger partial charge in [0.15, 0.2) is 0 Å². The lowest BCUT2D eigenvalue weighted by atomic mass is 10.1.